The first-order valence-corrected chi connectivity index (χ1v) is 8.42. The first kappa shape index (κ1) is 18.9. The van der Waals surface area contributed by atoms with Crippen molar-refractivity contribution in [3.8, 4) is 11.5 Å². The number of fused-ring (bicyclic) bond motifs is 1. The Bertz CT molecular complexity index is 1040. The summed E-state index contributed by atoms with van der Waals surface area (Å²) in [4.78, 5) is 23.1. The Labute approximate surface area is 161 Å². The number of benzene rings is 3. The summed E-state index contributed by atoms with van der Waals surface area (Å²) in [6, 6.07) is 18.0. The minimum Gasteiger partial charge on any atom is -0.493 e. The Kier molecular flexibility index (Phi) is 5.86. The van der Waals surface area contributed by atoms with E-state index in [0.717, 1.165) is 10.8 Å². The van der Waals surface area contributed by atoms with Crippen molar-refractivity contribution in [1.82, 2.24) is 5.43 Å². The Balaban J connectivity index is 1.71. The van der Waals surface area contributed by atoms with Crippen LogP contribution in [0.1, 0.15) is 15.9 Å². The predicted octanol–water partition coefficient (Wildman–Crippen LogP) is 3.08. The highest BCUT2D eigenvalue weighted by Gasteiger charge is 2.09. The summed E-state index contributed by atoms with van der Waals surface area (Å²) in [7, 11) is 1.45. The van der Waals surface area contributed by atoms with Gasteiger partial charge in [-0.2, -0.15) is 5.10 Å². The summed E-state index contributed by atoms with van der Waals surface area (Å²) in [5, 5.41) is 14.5. The Hall–Kier alpha value is -3.87. The van der Waals surface area contributed by atoms with Crippen molar-refractivity contribution >= 4 is 28.9 Å². The molecule has 142 valence electrons. The third-order valence-electron chi connectivity index (χ3n) is 3.95. The number of carboxylic acids is 1. The van der Waals surface area contributed by atoms with Crippen LogP contribution >= 0.6 is 0 Å². The number of carboxylic acid groups (broad SMARTS) is 1. The predicted molar refractivity (Wildman–Crippen MR) is 105 cm³/mol. The standard InChI is InChI=1S/C21H18N2O5/c1-27-19-11-14(9-10-18(19)28-13-20(24)25)12-22-23-21(26)17-8-4-6-15-5-2-3-7-16(15)17/h2-12H,13H2,1H3,(H,23,26)(H,24,25)/b22-12+. The van der Waals surface area contributed by atoms with Crippen LogP contribution in [-0.4, -0.2) is 36.9 Å². The molecule has 1 amide bonds. The molecule has 28 heavy (non-hydrogen) atoms. The first-order valence-electron chi connectivity index (χ1n) is 8.42. The summed E-state index contributed by atoms with van der Waals surface area (Å²) < 4.78 is 10.3. The number of nitrogens with one attached hydrogen (secondary N) is 1. The second-order valence-electron chi connectivity index (χ2n) is 5.82. The van der Waals surface area contributed by atoms with Crippen molar-refractivity contribution in [2.75, 3.05) is 13.7 Å². The fraction of sp³-hybridized carbons (Fsp3) is 0.0952. The molecule has 7 nitrogen and oxygen atoms in total. The van der Waals surface area contributed by atoms with Crippen molar-refractivity contribution in [3.05, 3.63) is 71.8 Å². The van der Waals surface area contributed by atoms with Crippen molar-refractivity contribution in [1.29, 1.82) is 0 Å². The second-order valence-corrected chi connectivity index (χ2v) is 5.82. The van der Waals surface area contributed by atoms with E-state index in [2.05, 4.69) is 10.5 Å². The van der Waals surface area contributed by atoms with Crippen LogP contribution in [0.2, 0.25) is 0 Å². The number of carbonyl (C=O) groups is 2. The molecule has 0 aliphatic heterocycles. The number of aliphatic carboxylic acids is 1. The molecule has 0 aliphatic rings. The van der Waals surface area contributed by atoms with Crippen LogP contribution in [0.4, 0.5) is 0 Å². The van der Waals surface area contributed by atoms with E-state index in [0.29, 0.717) is 22.6 Å². The van der Waals surface area contributed by atoms with Gasteiger partial charge >= 0.3 is 5.97 Å². The molecule has 7 heteroatoms. The van der Waals surface area contributed by atoms with Crippen LogP contribution in [0.3, 0.4) is 0 Å². The van der Waals surface area contributed by atoms with Gasteiger partial charge in [-0.15, -0.1) is 0 Å². The van der Waals surface area contributed by atoms with E-state index in [9.17, 15) is 9.59 Å². The van der Waals surface area contributed by atoms with E-state index in [4.69, 9.17) is 14.6 Å². The van der Waals surface area contributed by atoms with Crippen LogP contribution in [0.15, 0.2) is 65.8 Å². The van der Waals surface area contributed by atoms with Crippen molar-refractivity contribution < 1.29 is 24.2 Å². The lowest BCUT2D eigenvalue weighted by molar-refractivity contribution is -0.139. The van der Waals surface area contributed by atoms with Crippen LogP contribution in [0, 0.1) is 0 Å². The van der Waals surface area contributed by atoms with E-state index in [1.165, 1.54) is 13.3 Å². The van der Waals surface area contributed by atoms with Crippen LogP contribution in [0.5, 0.6) is 11.5 Å². The monoisotopic (exact) mass is 378 g/mol. The number of nitrogens with zero attached hydrogens (tertiary/aromatic N) is 1. The van der Waals surface area contributed by atoms with Gasteiger partial charge in [-0.05, 0) is 40.6 Å². The zero-order valence-corrected chi connectivity index (χ0v) is 15.1. The molecule has 0 heterocycles. The molecule has 3 aromatic rings. The molecule has 3 rings (SSSR count). The minimum atomic E-state index is -1.08. The Morgan fingerprint density at radius 3 is 2.64 bits per heavy atom. The summed E-state index contributed by atoms with van der Waals surface area (Å²) in [6.45, 7) is -0.467. The first-order chi connectivity index (χ1) is 13.6. The van der Waals surface area contributed by atoms with E-state index in [1.54, 1.807) is 24.3 Å². The van der Waals surface area contributed by atoms with Gasteiger partial charge < -0.3 is 14.6 Å². The summed E-state index contributed by atoms with van der Waals surface area (Å²) >= 11 is 0. The largest absolute Gasteiger partial charge is 0.493 e. The molecule has 3 aromatic carbocycles. The second kappa shape index (κ2) is 8.68. The number of hydrazone groups is 1. The summed E-state index contributed by atoms with van der Waals surface area (Å²) in [5.74, 6) is -0.724. The molecule has 0 fully saturated rings. The number of carbonyl (C=O) groups excluding carboxylic acids is 1. The number of methoxy groups -OCH3 is 1. The molecular weight excluding hydrogens is 360 g/mol. The third-order valence-corrected chi connectivity index (χ3v) is 3.95. The van der Waals surface area contributed by atoms with Gasteiger partial charge in [-0.1, -0.05) is 36.4 Å². The molecule has 0 saturated heterocycles. The third kappa shape index (κ3) is 4.45. The fourth-order valence-corrected chi connectivity index (χ4v) is 2.67. The average Bonchev–Trinajstić information content (AvgIpc) is 2.72. The van der Waals surface area contributed by atoms with Crippen molar-refractivity contribution in [2.45, 2.75) is 0 Å². The molecule has 0 saturated carbocycles. The molecule has 0 radical (unpaired) electrons. The van der Waals surface area contributed by atoms with Gasteiger partial charge in [0.05, 0.1) is 13.3 Å². The highest BCUT2D eigenvalue weighted by Crippen LogP contribution is 2.27. The molecule has 0 aromatic heterocycles. The van der Waals surface area contributed by atoms with Gasteiger partial charge in [-0.3, -0.25) is 4.79 Å². The molecule has 0 aliphatic carbocycles. The summed E-state index contributed by atoms with van der Waals surface area (Å²) in [6.07, 6.45) is 1.46. The average molecular weight is 378 g/mol. The quantitative estimate of drug-likeness (QED) is 0.486. The zero-order valence-electron chi connectivity index (χ0n) is 15.1. The Morgan fingerprint density at radius 1 is 1.07 bits per heavy atom. The lowest BCUT2D eigenvalue weighted by atomic mass is 10.0. The molecule has 0 spiro atoms. The number of hydrogen-bond acceptors (Lipinski definition) is 5. The molecular formula is C21H18N2O5. The SMILES string of the molecule is COc1cc(/C=N/NC(=O)c2cccc3ccccc23)ccc1OCC(=O)O. The summed E-state index contributed by atoms with van der Waals surface area (Å²) in [5.41, 5.74) is 3.70. The minimum absolute atomic E-state index is 0.307. The maximum atomic E-state index is 12.4. The van der Waals surface area contributed by atoms with Gasteiger partial charge in [0.1, 0.15) is 0 Å². The van der Waals surface area contributed by atoms with Crippen LogP contribution in [0.25, 0.3) is 10.8 Å². The fourth-order valence-electron chi connectivity index (χ4n) is 2.67. The Morgan fingerprint density at radius 2 is 1.86 bits per heavy atom. The van der Waals surface area contributed by atoms with Gasteiger partial charge in [0.2, 0.25) is 0 Å². The molecule has 0 atom stereocenters. The molecule has 0 bridgehead atoms. The van der Waals surface area contributed by atoms with Crippen LogP contribution in [-0.2, 0) is 4.79 Å². The van der Waals surface area contributed by atoms with E-state index < -0.39 is 12.6 Å². The highest BCUT2D eigenvalue weighted by molar-refractivity contribution is 6.07. The number of ether oxygens (including phenoxy) is 2. The van der Waals surface area contributed by atoms with Crippen molar-refractivity contribution in [3.63, 3.8) is 0 Å². The van der Waals surface area contributed by atoms with Crippen molar-refractivity contribution in [2.24, 2.45) is 5.10 Å². The smallest absolute Gasteiger partial charge is 0.341 e. The van der Waals surface area contributed by atoms with E-state index >= 15 is 0 Å². The lowest BCUT2D eigenvalue weighted by Gasteiger charge is -2.09. The van der Waals surface area contributed by atoms with Gasteiger partial charge in [0.25, 0.3) is 5.91 Å². The topological polar surface area (TPSA) is 97.2 Å². The number of rotatable bonds is 7. The van der Waals surface area contributed by atoms with Gasteiger partial charge in [-0.25, -0.2) is 10.2 Å². The highest BCUT2D eigenvalue weighted by atomic mass is 16.5. The van der Waals surface area contributed by atoms with Gasteiger partial charge in [0.15, 0.2) is 18.1 Å². The van der Waals surface area contributed by atoms with Gasteiger partial charge in [0, 0.05) is 5.56 Å². The molecule has 0 unspecified atom stereocenters. The molecule has 2 N–H and O–H groups in total. The maximum absolute atomic E-state index is 12.4. The van der Waals surface area contributed by atoms with E-state index in [1.807, 2.05) is 36.4 Å². The zero-order chi connectivity index (χ0) is 19.9. The normalized spacial score (nSPS) is 10.8. The van der Waals surface area contributed by atoms with Crippen LogP contribution < -0.4 is 14.9 Å². The maximum Gasteiger partial charge on any atom is 0.341 e. The number of amides is 1. The van der Waals surface area contributed by atoms with E-state index in [-0.39, 0.29) is 5.91 Å². The lowest BCUT2D eigenvalue weighted by Crippen LogP contribution is -2.17. The number of hydrogen-bond donors (Lipinski definition) is 2.